The van der Waals surface area contributed by atoms with Gasteiger partial charge in [0.05, 0.1) is 6.10 Å². The monoisotopic (exact) mass is 254 g/mol. The predicted octanol–water partition coefficient (Wildman–Crippen LogP) is 2.41. The van der Waals surface area contributed by atoms with E-state index in [0.717, 1.165) is 0 Å². The molecule has 0 amide bonds. The Kier molecular flexibility index (Phi) is 6.65. The van der Waals surface area contributed by atoms with Crippen molar-refractivity contribution < 1.29 is 19.1 Å². The van der Waals surface area contributed by atoms with Crippen molar-refractivity contribution in [2.24, 2.45) is 0 Å². The number of carbonyl (C=O) groups is 2. The highest BCUT2D eigenvalue weighted by Gasteiger charge is 2.14. The lowest BCUT2D eigenvalue weighted by molar-refractivity contribution is -0.150. The fraction of sp³-hybridized carbons (Fsp3) is 0.714. The Balaban J connectivity index is 2.52. The molecule has 2 atom stereocenters. The van der Waals surface area contributed by atoms with Crippen LogP contribution < -0.4 is 0 Å². The maximum Gasteiger partial charge on any atom is 0.306 e. The van der Waals surface area contributed by atoms with E-state index in [1.165, 1.54) is 0 Å². The Labute approximate surface area is 108 Å². The Hall–Kier alpha value is -1.16. The van der Waals surface area contributed by atoms with Crippen molar-refractivity contribution in [1.29, 1.82) is 0 Å². The fourth-order valence-corrected chi connectivity index (χ4v) is 1.86. The van der Waals surface area contributed by atoms with E-state index in [9.17, 15) is 9.59 Å². The molecule has 0 aromatic rings. The largest absolute Gasteiger partial charge is 0.463 e. The summed E-state index contributed by atoms with van der Waals surface area (Å²) in [6.07, 6.45) is 6.51. The molecular weight excluding hydrogens is 232 g/mol. The minimum absolute atomic E-state index is 0.0739. The van der Waals surface area contributed by atoms with Crippen molar-refractivity contribution in [1.82, 2.24) is 0 Å². The second-order valence-electron chi connectivity index (χ2n) is 4.75. The van der Waals surface area contributed by atoms with Crippen LogP contribution in [-0.4, -0.2) is 30.6 Å². The van der Waals surface area contributed by atoms with Crippen LogP contribution in [0.15, 0.2) is 12.2 Å². The molecule has 0 fully saturated rings. The highest BCUT2D eigenvalue weighted by molar-refractivity contribution is 5.79. The average molecular weight is 254 g/mol. The minimum atomic E-state index is -0.174. The first-order chi connectivity index (χ1) is 8.58. The highest BCUT2D eigenvalue weighted by Crippen LogP contribution is 2.09. The van der Waals surface area contributed by atoms with Gasteiger partial charge in [0.1, 0.15) is 12.7 Å². The summed E-state index contributed by atoms with van der Waals surface area (Å²) in [5, 5.41) is 0. The zero-order valence-corrected chi connectivity index (χ0v) is 11.2. The molecule has 0 N–H and O–H groups in total. The summed E-state index contributed by atoms with van der Waals surface area (Å²) in [5.41, 5.74) is 0. The Morgan fingerprint density at radius 1 is 1.06 bits per heavy atom. The van der Waals surface area contributed by atoms with Crippen LogP contribution in [0.5, 0.6) is 0 Å². The molecule has 1 rings (SSSR count). The van der Waals surface area contributed by atoms with Crippen LogP contribution in [0.2, 0.25) is 0 Å². The lowest BCUT2D eigenvalue weighted by Gasteiger charge is -2.18. The molecule has 1 heterocycles. The first-order valence-electron chi connectivity index (χ1n) is 6.55. The number of rotatable bonds is 0. The third-order valence-corrected chi connectivity index (χ3v) is 2.80. The third kappa shape index (κ3) is 6.55. The van der Waals surface area contributed by atoms with Crippen LogP contribution in [0.1, 0.15) is 46.0 Å². The summed E-state index contributed by atoms with van der Waals surface area (Å²) in [6, 6.07) is 0. The van der Waals surface area contributed by atoms with E-state index in [1.54, 1.807) is 0 Å². The van der Waals surface area contributed by atoms with Gasteiger partial charge in [-0.3, -0.25) is 9.59 Å². The third-order valence-electron chi connectivity index (χ3n) is 2.80. The van der Waals surface area contributed by atoms with Gasteiger partial charge in [0.2, 0.25) is 0 Å². The first-order valence-corrected chi connectivity index (χ1v) is 6.55. The average Bonchev–Trinajstić information content (AvgIpc) is 2.29. The van der Waals surface area contributed by atoms with Crippen molar-refractivity contribution in [2.75, 3.05) is 6.61 Å². The zero-order chi connectivity index (χ0) is 13.4. The lowest BCUT2D eigenvalue weighted by atomic mass is 10.1. The maximum atomic E-state index is 11.5. The summed E-state index contributed by atoms with van der Waals surface area (Å²) in [6.45, 7) is 3.89. The number of hydrogen-bond acceptors (Lipinski definition) is 4. The van der Waals surface area contributed by atoms with Crippen molar-refractivity contribution in [2.45, 2.75) is 58.2 Å². The molecule has 4 heteroatoms. The molecule has 1 aliphatic rings. The number of esters is 1. The molecule has 0 saturated heterocycles. The maximum absolute atomic E-state index is 11.5. The van der Waals surface area contributed by atoms with Crippen molar-refractivity contribution in [3.05, 3.63) is 12.2 Å². The molecule has 1 aliphatic heterocycles. The SMILES string of the molecule is CC1CC(C)OC(=O)CC/C=C/CCC(=O)CO1. The summed E-state index contributed by atoms with van der Waals surface area (Å²) >= 11 is 0. The van der Waals surface area contributed by atoms with Crippen LogP contribution in [0.3, 0.4) is 0 Å². The summed E-state index contributed by atoms with van der Waals surface area (Å²) in [7, 11) is 0. The van der Waals surface area contributed by atoms with E-state index in [0.29, 0.717) is 32.1 Å². The number of carbonyl (C=O) groups excluding carboxylic acids is 2. The van der Waals surface area contributed by atoms with E-state index in [1.807, 2.05) is 26.0 Å². The van der Waals surface area contributed by atoms with Crippen LogP contribution in [0, 0.1) is 0 Å². The van der Waals surface area contributed by atoms with Crippen LogP contribution in [-0.2, 0) is 19.1 Å². The van der Waals surface area contributed by atoms with Gasteiger partial charge in [0.15, 0.2) is 5.78 Å². The molecule has 102 valence electrons. The number of allylic oxidation sites excluding steroid dienone is 2. The second kappa shape index (κ2) is 8.03. The Bertz CT molecular complexity index is 309. The van der Waals surface area contributed by atoms with Gasteiger partial charge in [0, 0.05) is 19.3 Å². The van der Waals surface area contributed by atoms with Crippen LogP contribution in [0.4, 0.5) is 0 Å². The smallest absolute Gasteiger partial charge is 0.306 e. The van der Waals surface area contributed by atoms with Crippen molar-refractivity contribution in [3.8, 4) is 0 Å². The standard InChI is InChI=1S/C14H22O4/c1-11-9-12(2)18-14(16)8-6-4-3-5-7-13(15)10-17-11/h3-4,11-12H,5-10H2,1-2H3/b4-3+. The first kappa shape index (κ1) is 14.9. The molecule has 0 aromatic carbocycles. The molecule has 18 heavy (non-hydrogen) atoms. The quantitative estimate of drug-likeness (QED) is 0.492. The summed E-state index contributed by atoms with van der Waals surface area (Å²) < 4.78 is 10.7. The van der Waals surface area contributed by atoms with Gasteiger partial charge >= 0.3 is 5.97 Å². The van der Waals surface area contributed by atoms with Gasteiger partial charge in [0.25, 0.3) is 0 Å². The van der Waals surface area contributed by atoms with E-state index >= 15 is 0 Å². The normalized spacial score (nSPS) is 30.3. The number of ether oxygens (including phenoxy) is 2. The highest BCUT2D eigenvalue weighted by atomic mass is 16.5. The summed E-state index contributed by atoms with van der Waals surface area (Å²) in [5.74, 6) is -0.0549. The number of cyclic esters (lactones) is 1. The number of ketones is 1. The van der Waals surface area contributed by atoms with Gasteiger partial charge < -0.3 is 9.47 Å². The van der Waals surface area contributed by atoms with Crippen molar-refractivity contribution in [3.63, 3.8) is 0 Å². The number of hydrogen-bond donors (Lipinski definition) is 0. The zero-order valence-electron chi connectivity index (χ0n) is 11.2. The topological polar surface area (TPSA) is 52.6 Å². The molecular formula is C14H22O4. The van der Waals surface area contributed by atoms with Gasteiger partial charge in [-0.15, -0.1) is 0 Å². The molecule has 0 radical (unpaired) electrons. The van der Waals surface area contributed by atoms with Crippen LogP contribution >= 0.6 is 0 Å². The Morgan fingerprint density at radius 2 is 1.72 bits per heavy atom. The summed E-state index contributed by atoms with van der Waals surface area (Å²) in [4.78, 5) is 23.0. The molecule has 0 aromatic heterocycles. The predicted molar refractivity (Wildman–Crippen MR) is 68.2 cm³/mol. The molecule has 0 aliphatic carbocycles. The molecule has 0 spiro atoms. The van der Waals surface area contributed by atoms with Crippen molar-refractivity contribution >= 4 is 11.8 Å². The van der Waals surface area contributed by atoms with E-state index in [4.69, 9.17) is 9.47 Å². The lowest BCUT2D eigenvalue weighted by Crippen LogP contribution is -2.23. The van der Waals surface area contributed by atoms with E-state index < -0.39 is 0 Å². The molecule has 4 nitrogen and oxygen atoms in total. The van der Waals surface area contributed by atoms with Gasteiger partial charge in [-0.2, -0.15) is 0 Å². The van der Waals surface area contributed by atoms with E-state index in [-0.39, 0.29) is 30.6 Å². The second-order valence-corrected chi connectivity index (χ2v) is 4.75. The molecule has 0 saturated carbocycles. The van der Waals surface area contributed by atoms with Gasteiger partial charge in [-0.1, -0.05) is 12.2 Å². The van der Waals surface area contributed by atoms with Gasteiger partial charge in [-0.05, 0) is 26.7 Å². The van der Waals surface area contributed by atoms with Crippen LogP contribution in [0.25, 0.3) is 0 Å². The minimum Gasteiger partial charge on any atom is -0.463 e. The Morgan fingerprint density at radius 3 is 2.44 bits per heavy atom. The molecule has 2 unspecified atom stereocenters. The van der Waals surface area contributed by atoms with Gasteiger partial charge in [-0.25, -0.2) is 0 Å². The molecule has 0 bridgehead atoms. The van der Waals surface area contributed by atoms with E-state index in [2.05, 4.69) is 0 Å². The fourth-order valence-electron chi connectivity index (χ4n) is 1.86. The number of Topliss-reactive ketones (excluding diaryl/α,β-unsaturated/α-hetero) is 1.